The fraction of sp³-hybridized carbons (Fsp3) is 0.944. The van der Waals surface area contributed by atoms with Crippen molar-refractivity contribution in [1.29, 1.82) is 0 Å². The molecule has 0 radical (unpaired) electrons. The number of nitrogens with zero attached hydrogens (tertiary/aromatic N) is 1. The maximum Gasteiger partial charge on any atom is 0.410 e. The molecule has 0 heterocycles. The lowest BCUT2D eigenvalue weighted by molar-refractivity contribution is -0.123. The number of hydrogen-bond donors (Lipinski definition) is 1. The van der Waals surface area contributed by atoms with Crippen molar-refractivity contribution in [3.05, 3.63) is 0 Å². The van der Waals surface area contributed by atoms with Gasteiger partial charge >= 0.3 is 6.09 Å². The van der Waals surface area contributed by atoms with Gasteiger partial charge < -0.3 is 19.7 Å². The fourth-order valence-electron chi connectivity index (χ4n) is 2.66. The van der Waals surface area contributed by atoms with E-state index in [2.05, 4.69) is 33.0 Å². The third-order valence-corrected chi connectivity index (χ3v) is 4.35. The molecule has 0 aliphatic heterocycles. The van der Waals surface area contributed by atoms with Crippen LogP contribution in [0.2, 0.25) is 0 Å². The zero-order valence-electron chi connectivity index (χ0n) is 16.2. The van der Waals surface area contributed by atoms with Crippen LogP contribution in [0.25, 0.3) is 0 Å². The Morgan fingerprint density at radius 3 is 2.43 bits per heavy atom. The highest BCUT2D eigenvalue weighted by molar-refractivity contribution is 5.67. The topological polar surface area (TPSA) is 50.8 Å². The van der Waals surface area contributed by atoms with Gasteiger partial charge in [-0.25, -0.2) is 4.79 Å². The molecule has 0 spiro atoms. The van der Waals surface area contributed by atoms with Crippen LogP contribution in [0.5, 0.6) is 0 Å². The van der Waals surface area contributed by atoms with Crippen LogP contribution in [0.3, 0.4) is 0 Å². The molecule has 5 heteroatoms. The summed E-state index contributed by atoms with van der Waals surface area (Å²) in [6.07, 6.45) is 1.09. The Labute approximate surface area is 142 Å². The molecule has 2 unspecified atom stereocenters. The van der Waals surface area contributed by atoms with E-state index in [0.717, 1.165) is 19.6 Å². The van der Waals surface area contributed by atoms with Gasteiger partial charge in [0.2, 0.25) is 0 Å². The van der Waals surface area contributed by atoms with Crippen LogP contribution in [0, 0.1) is 11.3 Å². The Morgan fingerprint density at radius 1 is 1.35 bits per heavy atom. The minimum absolute atomic E-state index is 0.138. The first kappa shape index (κ1) is 20.2. The van der Waals surface area contributed by atoms with Crippen LogP contribution in [-0.2, 0) is 9.47 Å². The Hall–Kier alpha value is -0.810. The van der Waals surface area contributed by atoms with Gasteiger partial charge in [0.25, 0.3) is 0 Å². The van der Waals surface area contributed by atoms with Crippen LogP contribution >= 0.6 is 0 Å². The number of carbonyl (C=O) groups excluding carboxylic acids is 1. The van der Waals surface area contributed by atoms with E-state index in [9.17, 15) is 4.79 Å². The summed E-state index contributed by atoms with van der Waals surface area (Å²) < 4.78 is 11.3. The zero-order valence-corrected chi connectivity index (χ0v) is 16.2. The number of ether oxygens (including phenoxy) is 2. The molecule has 0 aromatic carbocycles. The molecule has 0 aromatic rings. The minimum atomic E-state index is -0.449. The molecule has 1 saturated carbocycles. The van der Waals surface area contributed by atoms with Crippen molar-refractivity contribution >= 4 is 6.09 Å². The van der Waals surface area contributed by atoms with Crippen LogP contribution in [0.1, 0.15) is 54.9 Å². The highest BCUT2D eigenvalue weighted by Gasteiger charge is 2.48. The third-order valence-electron chi connectivity index (χ3n) is 4.35. The molecule has 1 aliphatic carbocycles. The second kappa shape index (κ2) is 7.84. The van der Waals surface area contributed by atoms with Crippen LogP contribution in [0.4, 0.5) is 4.79 Å². The van der Waals surface area contributed by atoms with E-state index in [1.54, 1.807) is 11.9 Å². The van der Waals surface area contributed by atoms with Gasteiger partial charge in [0.15, 0.2) is 0 Å². The minimum Gasteiger partial charge on any atom is -0.444 e. The molecule has 136 valence electrons. The molecule has 23 heavy (non-hydrogen) atoms. The first-order chi connectivity index (χ1) is 10.4. The van der Waals surface area contributed by atoms with Gasteiger partial charge in [0.05, 0.1) is 6.10 Å². The van der Waals surface area contributed by atoms with Gasteiger partial charge in [-0.15, -0.1) is 0 Å². The smallest absolute Gasteiger partial charge is 0.410 e. The van der Waals surface area contributed by atoms with Gasteiger partial charge in [0, 0.05) is 38.2 Å². The summed E-state index contributed by atoms with van der Waals surface area (Å²) in [7, 11) is 1.77. The van der Waals surface area contributed by atoms with Crippen molar-refractivity contribution in [2.45, 2.75) is 72.6 Å². The molecule has 1 aliphatic rings. The number of likely N-dealkylation sites (N-methyl/N-ethyl adjacent to an activating group) is 1. The Bertz CT molecular complexity index is 388. The fourth-order valence-corrected chi connectivity index (χ4v) is 2.66. The van der Waals surface area contributed by atoms with E-state index in [-0.39, 0.29) is 11.5 Å². The van der Waals surface area contributed by atoms with Gasteiger partial charge in [0.1, 0.15) is 5.60 Å². The lowest BCUT2D eigenvalue weighted by Crippen LogP contribution is -2.61. The Morgan fingerprint density at radius 2 is 1.96 bits per heavy atom. The second-order valence-electron chi connectivity index (χ2n) is 8.68. The van der Waals surface area contributed by atoms with Crippen molar-refractivity contribution < 1.29 is 14.3 Å². The Kier molecular flexibility index (Phi) is 6.90. The van der Waals surface area contributed by atoms with E-state index >= 15 is 0 Å². The largest absolute Gasteiger partial charge is 0.444 e. The summed E-state index contributed by atoms with van der Waals surface area (Å²) in [6.45, 7) is 16.7. The highest BCUT2D eigenvalue weighted by Crippen LogP contribution is 2.42. The molecule has 0 saturated heterocycles. The third kappa shape index (κ3) is 6.30. The molecule has 0 aromatic heterocycles. The maximum absolute atomic E-state index is 11.9. The average Bonchev–Trinajstić information content (AvgIpc) is 2.38. The van der Waals surface area contributed by atoms with E-state index in [0.29, 0.717) is 24.6 Å². The molecular formula is C18H36N2O3. The predicted molar refractivity (Wildman–Crippen MR) is 93.6 cm³/mol. The number of hydrogen-bond acceptors (Lipinski definition) is 4. The normalized spacial score (nSPS) is 23.5. The van der Waals surface area contributed by atoms with E-state index in [1.807, 2.05) is 20.8 Å². The predicted octanol–water partition coefficient (Wildman–Crippen LogP) is 3.28. The summed E-state index contributed by atoms with van der Waals surface area (Å²) in [5.41, 5.74) is -0.310. The van der Waals surface area contributed by atoms with E-state index in [1.165, 1.54) is 0 Å². The summed E-state index contributed by atoms with van der Waals surface area (Å²) in [5.74, 6) is 0.570. The molecule has 1 N–H and O–H groups in total. The van der Waals surface area contributed by atoms with Crippen molar-refractivity contribution in [2.24, 2.45) is 11.3 Å². The first-order valence-electron chi connectivity index (χ1n) is 8.72. The summed E-state index contributed by atoms with van der Waals surface area (Å²) in [5, 5.41) is 3.55. The quantitative estimate of drug-likeness (QED) is 0.779. The van der Waals surface area contributed by atoms with Gasteiger partial charge in [-0.2, -0.15) is 0 Å². The molecular weight excluding hydrogens is 292 g/mol. The number of nitrogens with one attached hydrogen (secondary N) is 1. The summed E-state index contributed by atoms with van der Waals surface area (Å²) in [4.78, 5) is 13.5. The SMILES string of the molecule is CC(C)COC1CC(NCCN(C)C(=O)OC(C)(C)C)C1(C)C. The first-order valence-corrected chi connectivity index (χ1v) is 8.72. The number of rotatable bonds is 7. The van der Waals surface area contributed by atoms with Gasteiger partial charge in [-0.05, 0) is 33.1 Å². The van der Waals surface area contributed by atoms with Crippen LogP contribution in [-0.4, -0.2) is 55.5 Å². The molecule has 5 nitrogen and oxygen atoms in total. The molecule has 2 atom stereocenters. The van der Waals surface area contributed by atoms with Crippen molar-refractivity contribution in [3.8, 4) is 0 Å². The highest BCUT2D eigenvalue weighted by atomic mass is 16.6. The number of carbonyl (C=O) groups is 1. The van der Waals surface area contributed by atoms with E-state index < -0.39 is 5.60 Å². The van der Waals surface area contributed by atoms with Gasteiger partial charge in [-0.3, -0.25) is 0 Å². The zero-order chi connectivity index (χ0) is 17.8. The van der Waals surface area contributed by atoms with Crippen LogP contribution in [0.15, 0.2) is 0 Å². The standard InChI is InChI=1S/C18H36N2O3/c1-13(2)12-22-15-11-14(18(15,6)7)19-9-10-20(8)16(21)23-17(3,4)5/h13-15,19H,9-12H2,1-8H3. The van der Waals surface area contributed by atoms with Crippen molar-refractivity contribution in [2.75, 3.05) is 26.7 Å². The maximum atomic E-state index is 11.9. The number of amides is 1. The molecule has 1 rings (SSSR count). The van der Waals surface area contributed by atoms with Gasteiger partial charge in [-0.1, -0.05) is 27.7 Å². The average molecular weight is 328 g/mol. The monoisotopic (exact) mass is 328 g/mol. The lowest BCUT2D eigenvalue weighted by Gasteiger charge is -2.52. The Balaban J connectivity index is 2.28. The molecule has 1 fully saturated rings. The summed E-state index contributed by atoms with van der Waals surface area (Å²) >= 11 is 0. The van der Waals surface area contributed by atoms with Crippen molar-refractivity contribution in [1.82, 2.24) is 10.2 Å². The molecule has 0 bridgehead atoms. The second-order valence-corrected chi connectivity index (χ2v) is 8.68. The van der Waals surface area contributed by atoms with Crippen LogP contribution < -0.4 is 5.32 Å². The summed E-state index contributed by atoms with van der Waals surface area (Å²) in [6, 6.07) is 0.437. The lowest BCUT2D eigenvalue weighted by atomic mass is 9.64. The van der Waals surface area contributed by atoms with Crippen molar-refractivity contribution in [3.63, 3.8) is 0 Å². The van der Waals surface area contributed by atoms with E-state index in [4.69, 9.17) is 9.47 Å². The molecule has 1 amide bonds.